The molecular formula is C9H8N2O2. The molecule has 1 aliphatic rings. The van der Waals surface area contributed by atoms with Gasteiger partial charge in [-0.3, -0.25) is 10.2 Å². The number of nitrogens with one attached hydrogen (secondary N) is 2. The third-order valence-corrected chi connectivity index (χ3v) is 1.98. The van der Waals surface area contributed by atoms with Crippen molar-refractivity contribution >= 4 is 11.7 Å². The van der Waals surface area contributed by atoms with Gasteiger partial charge in [-0.2, -0.15) is 0 Å². The Morgan fingerprint density at radius 3 is 2.85 bits per heavy atom. The number of methoxy groups -OCH3 is 1. The average Bonchev–Trinajstić information content (AvgIpc) is 2.42. The zero-order chi connectivity index (χ0) is 9.42. The molecule has 0 atom stereocenters. The van der Waals surface area contributed by atoms with Crippen molar-refractivity contribution in [3.05, 3.63) is 29.3 Å². The summed E-state index contributed by atoms with van der Waals surface area (Å²) >= 11 is 0. The maximum absolute atomic E-state index is 11.2. The second-order valence-electron chi connectivity index (χ2n) is 2.74. The number of amides is 1. The van der Waals surface area contributed by atoms with Gasteiger partial charge in [-0.25, -0.2) is 0 Å². The molecule has 0 saturated heterocycles. The van der Waals surface area contributed by atoms with Crippen LogP contribution in [0.15, 0.2) is 18.2 Å². The molecule has 2 rings (SSSR count). The molecule has 1 aliphatic heterocycles. The van der Waals surface area contributed by atoms with Crippen LogP contribution >= 0.6 is 0 Å². The van der Waals surface area contributed by atoms with Gasteiger partial charge in [-0.1, -0.05) is 0 Å². The largest absolute Gasteiger partial charge is 0.497 e. The Hall–Kier alpha value is -1.84. The summed E-state index contributed by atoms with van der Waals surface area (Å²) in [6, 6.07) is 5.04. The van der Waals surface area contributed by atoms with E-state index < -0.39 is 0 Å². The minimum atomic E-state index is -0.220. The molecule has 4 nitrogen and oxygen atoms in total. The van der Waals surface area contributed by atoms with Crippen LogP contribution in [0.5, 0.6) is 5.75 Å². The van der Waals surface area contributed by atoms with Crippen LogP contribution in [-0.4, -0.2) is 18.9 Å². The predicted octanol–water partition coefficient (Wildman–Crippen LogP) is 0.764. The summed E-state index contributed by atoms with van der Waals surface area (Å²) in [7, 11) is 1.55. The summed E-state index contributed by atoms with van der Waals surface area (Å²) in [4.78, 5) is 11.2. The summed E-state index contributed by atoms with van der Waals surface area (Å²) < 4.78 is 4.99. The van der Waals surface area contributed by atoms with Crippen molar-refractivity contribution in [2.75, 3.05) is 7.11 Å². The highest BCUT2D eigenvalue weighted by Gasteiger charge is 2.23. The summed E-state index contributed by atoms with van der Waals surface area (Å²) in [5.74, 6) is 0.571. The number of amidine groups is 1. The molecule has 0 fully saturated rings. The molecule has 0 saturated carbocycles. The molecule has 2 N–H and O–H groups in total. The van der Waals surface area contributed by atoms with Gasteiger partial charge in [0.05, 0.1) is 12.7 Å². The van der Waals surface area contributed by atoms with Gasteiger partial charge in [0.1, 0.15) is 11.6 Å². The number of benzene rings is 1. The lowest BCUT2D eigenvalue weighted by molar-refractivity contribution is 0.0983. The molecule has 0 unspecified atom stereocenters. The molecule has 0 radical (unpaired) electrons. The van der Waals surface area contributed by atoms with Crippen LogP contribution in [0.3, 0.4) is 0 Å². The normalized spacial score (nSPS) is 13.9. The monoisotopic (exact) mass is 176 g/mol. The Bertz CT molecular complexity index is 399. The molecule has 0 spiro atoms. The minimum Gasteiger partial charge on any atom is -0.497 e. The Morgan fingerprint density at radius 1 is 1.38 bits per heavy atom. The van der Waals surface area contributed by atoms with Crippen LogP contribution in [0, 0.1) is 5.41 Å². The Labute approximate surface area is 75.0 Å². The van der Waals surface area contributed by atoms with Gasteiger partial charge < -0.3 is 10.1 Å². The third kappa shape index (κ3) is 1.07. The molecule has 0 bridgehead atoms. The van der Waals surface area contributed by atoms with Crippen LogP contribution in [-0.2, 0) is 0 Å². The second-order valence-corrected chi connectivity index (χ2v) is 2.74. The van der Waals surface area contributed by atoms with E-state index in [4.69, 9.17) is 10.1 Å². The summed E-state index contributed by atoms with van der Waals surface area (Å²) in [5.41, 5.74) is 1.13. The van der Waals surface area contributed by atoms with Crippen molar-refractivity contribution in [3.8, 4) is 5.75 Å². The van der Waals surface area contributed by atoms with E-state index in [9.17, 15) is 4.79 Å². The third-order valence-electron chi connectivity index (χ3n) is 1.98. The van der Waals surface area contributed by atoms with Gasteiger partial charge in [0, 0.05) is 5.56 Å². The number of hydrogen-bond donors (Lipinski definition) is 2. The van der Waals surface area contributed by atoms with Crippen molar-refractivity contribution in [2.45, 2.75) is 0 Å². The number of rotatable bonds is 1. The maximum atomic E-state index is 11.2. The Kier molecular flexibility index (Phi) is 1.55. The Morgan fingerprint density at radius 2 is 2.15 bits per heavy atom. The van der Waals surface area contributed by atoms with Crippen LogP contribution < -0.4 is 10.1 Å². The van der Waals surface area contributed by atoms with E-state index in [2.05, 4.69) is 5.32 Å². The van der Waals surface area contributed by atoms with E-state index >= 15 is 0 Å². The highest BCUT2D eigenvalue weighted by Crippen LogP contribution is 2.21. The van der Waals surface area contributed by atoms with Crippen molar-refractivity contribution in [2.24, 2.45) is 0 Å². The number of fused-ring (bicyclic) bond motifs is 1. The SMILES string of the molecule is COc1ccc2c(c1)C(=N)NC2=O. The summed E-state index contributed by atoms with van der Waals surface area (Å²) in [5, 5.41) is 9.87. The molecule has 1 aromatic rings. The van der Waals surface area contributed by atoms with Crippen molar-refractivity contribution in [1.29, 1.82) is 5.41 Å². The lowest BCUT2D eigenvalue weighted by Gasteiger charge is -2.00. The zero-order valence-corrected chi connectivity index (χ0v) is 7.05. The van der Waals surface area contributed by atoms with Gasteiger partial charge in [-0.05, 0) is 18.2 Å². The topological polar surface area (TPSA) is 62.2 Å². The molecule has 1 heterocycles. The fraction of sp³-hybridized carbons (Fsp3) is 0.111. The van der Waals surface area contributed by atoms with Gasteiger partial charge in [0.25, 0.3) is 5.91 Å². The highest BCUT2D eigenvalue weighted by atomic mass is 16.5. The first kappa shape index (κ1) is 7.79. The summed E-state index contributed by atoms with van der Waals surface area (Å²) in [6.45, 7) is 0. The molecule has 0 aliphatic carbocycles. The fourth-order valence-corrected chi connectivity index (χ4v) is 1.30. The van der Waals surface area contributed by atoms with Gasteiger partial charge in [-0.15, -0.1) is 0 Å². The number of ether oxygens (including phenoxy) is 1. The number of hydrogen-bond acceptors (Lipinski definition) is 3. The van der Waals surface area contributed by atoms with E-state index in [0.29, 0.717) is 16.9 Å². The zero-order valence-electron chi connectivity index (χ0n) is 7.05. The summed E-state index contributed by atoms with van der Waals surface area (Å²) in [6.07, 6.45) is 0. The molecule has 13 heavy (non-hydrogen) atoms. The van der Waals surface area contributed by atoms with E-state index in [1.54, 1.807) is 25.3 Å². The van der Waals surface area contributed by atoms with E-state index in [-0.39, 0.29) is 11.7 Å². The van der Waals surface area contributed by atoms with E-state index in [0.717, 1.165) is 0 Å². The second kappa shape index (κ2) is 2.58. The van der Waals surface area contributed by atoms with Gasteiger partial charge in [0.15, 0.2) is 0 Å². The molecule has 1 aromatic carbocycles. The molecule has 4 heteroatoms. The predicted molar refractivity (Wildman–Crippen MR) is 47.3 cm³/mol. The van der Waals surface area contributed by atoms with E-state index in [1.807, 2.05) is 0 Å². The Balaban J connectivity index is 2.58. The average molecular weight is 176 g/mol. The van der Waals surface area contributed by atoms with E-state index in [1.165, 1.54) is 0 Å². The van der Waals surface area contributed by atoms with Gasteiger partial charge >= 0.3 is 0 Å². The van der Waals surface area contributed by atoms with Crippen LogP contribution in [0.25, 0.3) is 0 Å². The van der Waals surface area contributed by atoms with Crippen molar-refractivity contribution in [1.82, 2.24) is 5.32 Å². The van der Waals surface area contributed by atoms with Crippen LogP contribution in [0.1, 0.15) is 15.9 Å². The lowest BCUT2D eigenvalue weighted by atomic mass is 10.1. The smallest absolute Gasteiger partial charge is 0.257 e. The lowest BCUT2D eigenvalue weighted by Crippen LogP contribution is -2.19. The molecule has 1 amide bonds. The fourth-order valence-electron chi connectivity index (χ4n) is 1.30. The first-order chi connectivity index (χ1) is 6.22. The minimum absolute atomic E-state index is 0.138. The molecular weight excluding hydrogens is 168 g/mol. The first-order valence-electron chi connectivity index (χ1n) is 3.80. The van der Waals surface area contributed by atoms with Gasteiger partial charge in [0.2, 0.25) is 0 Å². The van der Waals surface area contributed by atoms with Crippen molar-refractivity contribution < 1.29 is 9.53 Å². The van der Waals surface area contributed by atoms with Crippen molar-refractivity contribution in [3.63, 3.8) is 0 Å². The maximum Gasteiger partial charge on any atom is 0.257 e. The van der Waals surface area contributed by atoms with Crippen LogP contribution in [0.2, 0.25) is 0 Å². The molecule has 66 valence electrons. The first-order valence-corrected chi connectivity index (χ1v) is 3.80. The number of carbonyl (C=O) groups is 1. The number of carbonyl (C=O) groups excluding carboxylic acids is 1. The van der Waals surface area contributed by atoms with Crippen LogP contribution in [0.4, 0.5) is 0 Å². The standard InChI is InChI=1S/C9H8N2O2/c1-13-5-2-3-6-7(4-5)8(10)11-9(6)12/h2-4H,1H3,(H2,10,11,12). The quantitative estimate of drug-likeness (QED) is 0.663. The molecule has 0 aromatic heterocycles. The highest BCUT2D eigenvalue weighted by molar-refractivity contribution is 6.22.